The second-order valence-corrected chi connectivity index (χ2v) is 5.16. The average Bonchev–Trinajstić information content (AvgIpc) is 2.34. The Balaban J connectivity index is 1.93. The van der Waals surface area contributed by atoms with Gasteiger partial charge in [-0.15, -0.1) is 0 Å². The predicted octanol–water partition coefficient (Wildman–Crippen LogP) is 2.80. The second kappa shape index (κ2) is 6.74. The lowest BCUT2D eigenvalue weighted by Crippen LogP contribution is -2.41. The summed E-state index contributed by atoms with van der Waals surface area (Å²) in [5.74, 6) is 1.55. The molecule has 0 spiro atoms. The molecule has 1 unspecified atom stereocenters. The van der Waals surface area contributed by atoms with Crippen LogP contribution in [0.25, 0.3) is 0 Å². The molecule has 0 bridgehead atoms. The smallest absolute Gasteiger partial charge is 0.212 e. The van der Waals surface area contributed by atoms with E-state index in [0.717, 1.165) is 18.9 Å². The summed E-state index contributed by atoms with van der Waals surface area (Å²) in [5.41, 5.74) is 1.30. The van der Waals surface area contributed by atoms with Gasteiger partial charge < -0.3 is 10.1 Å². The molecule has 1 aromatic heterocycles. The van der Waals surface area contributed by atoms with Crippen LogP contribution >= 0.6 is 0 Å². The molecule has 1 aliphatic rings. The van der Waals surface area contributed by atoms with Gasteiger partial charge in [0.25, 0.3) is 0 Å². The van der Waals surface area contributed by atoms with Gasteiger partial charge >= 0.3 is 0 Å². The van der Waals surface area contributed by atoms with E-state index in [0.29, 0.717) is 11.9 Å². The Bertz CT molecular complexity index is 346. The molecule has 2 rings (SSSR count). The summed E-state index contributed by atoms with van der Waals surface area (Å²) >= 11 is 0. The van der Waals surface area contributed by atoms with Gasteiger partial charge in [-0.05, 0) is 43.7 Å². The number of pyridine rings is 1. The third-order valence-electron chi connectivity index (χ3n) is 3.84. The van der Waals surface area contributed by atoms with E-state index in [1.165, 1.54) is 31.2 Å². The quantitative estimate of drug-likeness (QED) is 0.805. The van der Waals surface area contributed by atoms with Crippen molar-refractivity contribution in [2.24, 2.45) is 5.92 Å². The van der Waals surface area contributed by atoms with Crippen LogP contribution in [0, 0.1) is 5.92 Å². The average molecular weight is 248 g/mol. The van der Waals surface area contributed by atoms with Crippen LogP contribution in [0.3, 0.4) is 0 Å². The topological polar surface area (TPSA) is 34.1 Å². The van der Waals surface area contributed by atoms with Gasteiger partial charge in [0.15, 0.2) is 0 Å². The van der Waals surface area contributed by atoms with Gasteiger partial charge in [0.2, 0.25) is 5.88 Å². The third kappa shape index (κ3) is 3.45. The molecule has 1 atom stereocenters. The zero-order chi connectivity index (χ0) is 12.8. The summed E-state index contributed by atoms with van der Waals surface area (Å²) in [6.45, 7) is 3.34. The minimum absolute atomic E-state index is 0.619. The van der Waals surface area contributed by atoms with Crippen LogP contribution in [0.5, 0.6) is 5.88 Å². The Morgan fingerprint density at radius 2 is 2.28 bits per heavy atom. The van der Waals surface area contributed by atoms with E-state index in [4.69, 9.17) is 4.74 Å². The van der Waals surface area contributed by atoms with Crippen LogP contribution in [0.15, 0.2) is 18.3 Å². The maximum absolute atomic E-state index is 5.09. The first-order valence-corrected chi connectivity index (χ1v) is 7.05. The maximum atomic E-state index is 5.09. The summed E-state index contributed by atoms with van der Waals surface area (Å²) in [6.07, 6.45) is 8.38. The lowest BCUT2D eigenvalue weighted by atomic mass is 9.77. The number of rotatable bonds is 7. The van der Waals surface area contributed by atoms with Crippen LogP contribution in [0.1, 0.15) is 38.2 Å². The molecule has 0 radical (unpaired) electrons. The fourth-order valence-electron chi connectivity index (χ4n) is 2.48. The van der Waals surface area contributed by atoms with Gasteiger partial charge in [0, 0.05) is 18.3 Å². The normalized spacial score (nSPS) is 17.2. The van der Waals surface area contributed by atoms with Crippen molar-refractivity contribution >= 4 is 0 Å². The number of aromatic nitrogens is 1. The molecule has 1 heterocycles. The molecule has 1 saturated carbocycles. The lowest BCUT2D eigenvalue weighted by Gasteiger charge is -2.34. The number of hydrogen-bond donors (Lipinski definition) is 1. The first-order valence-electron chi connectivity index (χ1n) is 7.05. The van der Waals surface area contributed by atoms with Gasteiger partial charge in [-0.2, -0.15) is 0 Å². The van der Waals surface area contributed by atoms with Gasteiger partial charge in [0.05, 0.1) is 7.11 Å². The highest BCUT2D eigenvalue weighted by molar-refractivity contribution is 5.19. The highest BCUT2D eigenvalue weighted by Gasteiger charge is 2.26. The van der Waals surface area contributed by atoms with Crippen molar-refractivity contribution in [3.05, 3.63) is 23.9 Å². The minimum Gasteiger partial charge on any atom is -0.481 e. The molecule has 18 heavy (non-hydrogen) atoms. The molecule has 3 heteroatoms. The van der Waals surface area contributed by atoms with E-state index in [9.17, 15) is 0 Å². The van der Waals surface area contributed by atoms with Gasteiger partial charge in [-0.3, -0.25) is 0 Å². The van der Waals surface area contributed by atoms with Crippen molar-refractivity contribution in [3.8, 4) is 5.88 Å². The van der Waals surface area contributed by atoms with Crippen molar-refractivity contribution in [3.63, 3.8) is 0 Å². The summed E-state index contributed by atoms with van der Waals surface area (Å²) in [6, 6.07) is 4.70. The van der Waals surface area contributed by atoms with Gasteiger partial charge in [-0.1, -0.05) is 19.4 Å². The number of nitrogens with one attached hydrogen (secondary N) is 1. The lowest BCUT2D eigenvalue weighted by molar-refractivity contribution is 0.227. The zero-order valence-electron chi connectivity index (χ0n) is 11.5. The first kappa shape index (κ1) is 13.3. The Morgan fingerprint density at radius 1 is 1.44 bits per heavy atom. The third-order valence-corrected chi connectivity index (χ3v) is 3.84. The summed E-state index contributed by atoms with van der Waals surface area (Å²) in [5, 5.41) is 3.69. The van der Waals surface area contributed by atoms with Crippen LogP contribution in [-0.2, 0) is 6.42 Å². The SMILES string of the molecule is CCCNC(Cc1ccc(OC)nc1)C1CCC1. The fourth-order valence-corrected chi connectivity index (χ4v) is 2.48. The molecule has 1 fully saturated rings. The van der Waals surface area contributed by atoms with Crippen LogP contribution < -0.4 is 10.1 Å². The molecular formula is C15H24N2O. The molecule has 100 valence electrons. The van der Waals surface area contributed by atoms with E-state index in [1.807, 2.05) is 12.3 Å². The van der Waals surface area contributed by atoms with Crippen LogP contribution in [0.4, 0.5) is 0 Å². The van der Waals surface area contributed by atoms with Crippen LogP contribution in [0.2, 0.25) is 0 Å². The Morgan fingerprint density at radius 3 is 2.78 bits per heavy atom. The maximum Gasteiger partial charge on any atom is 0.212 e. The Labute approximate surface area is 110 Å². The largest absolute Gasteiger partial charge is 0.481 e. The van der Waals surface area contributed by atoms with Crippen molar-refractivity contribution in [2.75, 3.05) is 13.7 Å². The minimum atomic E-state index is 0.619. The first-order chi connectivity index (χ1) is 8.83. The monoisotopic (exact) mass is 248 g/mol. The standard InChI is InChI=1S/C15H24N2O/c1-3-9-16-14(13-5-4-6-13)10-12-7-8-15(18-2)17-11-12/h7-8,11,13-14,16H,3-6,9-10H2,1-2H3. The summed E-state index contributed by atoms with van der Waals surface area (Å²) < 4.78 is 5.09. The molecule has 0 aliphatic heterocycles. The van der Waals surface area contributed by atoms with E-state index in [2.05, 4.69) is 23.3 Å². The Kier molecular flexibility index (Phi) is 5.00. The second-order valence-electron chi connectivity index (χ2n) is 5.16. The van der Waals surface area contributed by atoms with E-state index < -0.39 is 0 Å². The highest BCUT2D eigenvalue weighted by Crippen LogP contribution is 2.31. The van der Waals surface area contributed by atoms with E-state index in [-0.39, 0.29) is 0 Å². The van der Waals surface area contributed by atoms with Gasteiger partial charge in [-0.25, -0.2) is 4.98 Å². The Hall–Kier alpha value is -1.09. The van der Waals surface area contributed by atoms with Crippen molar-refractivity contribution in [1.82, 2.24) is 10.3 Å². The number of ether oxygens (including phenoxy) is 1. The molecule has 0 saturated heterocycles. The molecule has 3 nitrogen and oxygen atoms in total. The van der Waals surface area contributed by atoms with Crippen molar-refractivity contribution < 1.29 is 4.74 Å². The molecule has 1 aliphatic carbocycles. The molecular weight excluding hydrogens is 224 g/mol. The number of methoxy groups -OCH3 is 1. The number of hydrogen-bond acceptors (Lipinski definition) is 3. The van der Waals surface area contributed by atoms with Crippen LogP contribution in [-0.4, -0.2) is 24.7 Å². The van der Waals surface area contributed by atoms with Crippen molar-refractivity contribution in [2.45, 2.75) is 45.1 Å². The zero-order valence-corrected chi connectivity index (χ0v) is 11.5. The van der Waals surface area contributed by atoms with E-state index in [1.54, 1.807) is 7.11 Å². The number of nitrogens with zero attached hydrogens (tertiary/aromatic N) is 1. The van der Waals surface area contributed by atoms with E-state index >= 15 is 0 Å². The fraction of sp³-hybridized carbons (Fsp3) is 0.667. The summed E-state index contributed by atoms with van der Waals surface area (Å²) in [7, 11) is 1.65. The predicted molar refractivity (Wildman–Crippen MR) is 73.9 cm³/mol. The molecule has 1 aromatic rings. The summed E-state index contributed by atoms with van der Waals surface area (Å²) in [4.78, 5) is 4.28. The van der Waals surface area contributed by atoms with Gasteiger partial charge in [0.1, 0.15) is 0 Å². The van der Waals surface area contributed by atoms with Crippen molar-refractivity contribution in [1.29, 1.82) is 0 Å². The highest BCUT2D eigenvalue weighted by atomic mass is 16.5. The molecule has 0 amide bonds. The molecule has 0 aromatic carbocycles. The molecule has 1 N–H and O–H groups in total.